The molecule has 0 bridgehead atoms. The number of pyridine rings is 2. The van der Waals surface area contributed by atoms with E-state index in [-0.39, 0.29) is 12.2 Å². The van der Waals surface area contributed by atoms with Gasteiger partial charge in [-0.2, -0.15) is 0 Å². The van der Waals surface area contributed by atoms with Gasteiger partial charge < -0.3 is 14.1 Å². The van der Waals surface area contributed by atoms with E-state index in [4.69, 9.17) is 14.1 Å². The van der Waals surface area contributed by atoms with E-state index in [0.717, 1.165) is 52.7 Å². The molecule has 3 aromatic heterocycles. The van der Waals surface area contributed by atoms with Crippen molar-refractivity contribution in [3.63, 3.8) is 0 Å². The first-order chi connectivity index (χ1) is 13.0. The van der Waals surface area contributed by atoms with Crippen molar-refractivity contribution in [1.29, 1.82) is 0 Å². The van der Waals surface area contributed by atoms with Crippen LogP contribution < -0.4 is 4.90 Å². The number of anilines is 1. The van der Waals surface area contributed by atoms with Gasteiger partial charge in [0.25, 0.3) is 0 Å². The van der Waals surface area contributed by atoms with Crippen LogP contribution >= 0.6 is 0 Å². The molecule has 0 radical (unpaired) electrons. The lowest BCUT2D eigenvalue weighted by Crippen LogP contribution is -2.45. The second-order valence-corrected chi connectivity index (χ2v) is 7.30. The lowest BCUT2D eigenvalue weighted by atomic mass is 9.99. The predicted octanol–water partition coefficient (Wildman–Crippen LogP) is 4.63. The van der Waals surface area contributed by atoms with Gasteiger partial charge in [-0.1, -0.05) is 0 Å². The van der Waals surface area contributed by atoms with Crippen LogP contribution in [0, 0.1) is 13.8 Å². The first kappa shape index (κ1) is 17.7. The van der Waals surface area contributed by atoms with Crippen LogP contribution in [0.1, 0.15) is 25.3 Å². The maximum absolute atomic E-state index is 5.87. The van der Waals surface area contributed by atoms with Gasteiger partial charge in [-0.05, 0) is 63.6 Å². The standard InChI is InChI=1S/C22H25N3O2/c1-14-11-18(7-9-23-14)20-5-6-21(25-12-15(2)27-16(3)13-25)24-22(20)19-8-10-26-17(19)4/h5-11,15-16H,12-13H2,1-4H3. The number of nitrogens with zero attached hydrogens (tertiary/aromatic N) is 3. The molecule has 27 heavy (non-hydrogen) atoms. The highest BCUT2D eigenvalue weighted by Gasteiger charge is 2.24. The van der Waals surface area contributed by atoms with Crippen molar-refractivity contribution < 1.29 is 9.15 Å². The van der Waals surface area contributed by atoms with Gasteiger partial charge in [-0.3, -0.25) is 4.98 Å². The Morgan fingerprint density at radius 3 is 2.44 bits per heavy atom. The molecule has 5 heteroatoms. The molecule has 140 valence electrons. The second kappa shape index (κ2) is 7.16. The summed E-state index contributed by atoms with van der Waals surface area (Å²) in [6, 6.07) is 10.4. The average Bonchev–Trinajstić information content (AvgIpc) is 3.06. The normalized spacial score (nSPS) is 20.1. The molecule has 0 N–H and O–H groups in total. The number of aromatic nitrogens is 2. The van der Waals surface area contributed by atoms with E-state index in [1.165, 1.54) is 0 Å². The van der Waals surface area contributed by atoms with Crippen LogP contribution in [0.2, 0.25) is 0 Å². The van der Waals surface area contributed by atoms with Gasteiger partial charge in [-0.15, -0.1) is 0 Å². The van der Waals surface area contributed by atoms with Crippen LogP contribution in [0.15, 0.2) is 47.2 Å². The minimum atomic E-state index is 0.192. The fourth-order valence-corrected chi connectivity index (χ4v) is 3.77. The zero-order chi connectivity index (χ0) is 19.0. The number of aryl methyl sites for hydroxylation is 2. The number of rotatable bonds is 3. The van der Waals surface area contributed by atoms with E-state index in [9.17, 15) is 0 Å². The molecule has 4 rings (SSSR count). The number of ether oxygens (including phenoxy) is 1. The molecule has 1 aliphatic rings. The zero-order valence-corrected chi connectivity index (χ0v) is 16.3. The van der Waals surface area contributed by atoms with Crippen molar-refractivity contribution in [3.05, 3.63) is 54.2 Å². The number of furan rings is 1. The Morgan fingerprint density at radius 1 is 1.00 bits per heavy atom. The van der Waals surface area contributed by atoms with Gasteiger partial charge in [0.05, 0.1) is 24.2 Å². The van der Waals surface area contributed by atoms with E-state index in [0.29, 0.717) is 0 Å². The SMILES string of the molecule is Cc1cc(-c2ccc(N3CC(C)OC(C)C3)nc2-c2ccoc2C)ccn1. The number of morpholine rings is 1. The van der Waals surface area contributed by atoms with Crippen molar-refractivity contribution in [2.75, 3.05) is 18.0 Å². The summed E-state index contributed by atoms with van der Waals surface area (Å²) in [6.45, 7) is 9.88. The quantitative estimate of drug-likeness (QED) is 0.679. The summed E-state index contributed by atoms with van der Waals surface area (Å²) in [7, 11) is 0. The maximum Gasteiger partial charge on any atom is 0.129 e. The lowest BCUT2D eigenvalue weighted by molar-refractivity contribution is -0.00545. The van der Waals surface area contributed by atoms with Gasteiger partial charge >= 0.3 is 0 Å². The minimum Gasteiger partial charge on any atom is -0.469 e. The van der Waals surface area contributed by atoms with Crippen molar-refractivity contribution in [3.8, 4) is 22.4 Å². The van der Waals surface area contributed by atoms with Gasteiger partial charge in [0.2, 0.25) is 0 Å². The summed E-state index contributed by atoms with van der Waals surface area (Å²) in [5, 5.41) is 0. The van der Waals surface area contributed by atoms with Gasteiger partial charge in [-0.25, -0.2) is 4.98 Å². The highest BCUT2D eigenvalue weighted by Crippen LogP contribution is 2.35. The highest BCUT2D eigenvalue weighted by molar-refractivity contribution is 5.82. The molecule has 1 aliphatic heterocycles. The lowest BCUT2D eigenvalue weighted by Gasteiger charge is -2.36. The highest BCUT2D eigenvalue weighted by atomic mass is 16.5. The fourth-order valence-electron chi connectivity index (χ4n) is 3.77. The van der Waals surface area contributed by atoms with Crippen LogP contribution in [0.4, 0.5) is 5.82 Å². The topological polar surface area (TPSA) is 51.4 Å². The third-order valence-corrected chi connectivity index (χ3v) is 4.95. The van der Waals surface area contributed by atoms with Crippen molar-refractivity contribution in [2.24, 2.45) is 0 Å². The summed E-state index contributed by atoms with van der Waals surface area (Å²) in [6.07, 6.45) is 3.95. The van der Waals surface area contributed by atoms with Gasteiger partial charge in [0, 0.05) is 36.1 Å². The molecular formula is C22H25N3O2. The Balaban J connectivity index is 1.82. The third kappa shape index (κ3) is 3.60. The molecule has 0 saturated carbocycles. The summed E-state index contributed by atoms with van der Waals surface area (Å²) >= 11 is 0. The van der Waals surface area contributed by atoms with E-state index in [2.05, 4.69) is 41.9 Å². The molecule has 1 saturated heterocycles. The van der Waals surface area contributed by atoms with Crippen LogP contribution in [0.25, 0.3) is 22.4 Å². The zero-order valence-electron chi connectivity index (χ0n) is 16.3. The Bertz CT molecular complexity index is 940. The van der Waals surface area contributed by atoms with E-state index in [1.54, 1.807) is 6.26 Å². The van der Waals surface area contributed by atoms with E-state index in [1.807, 2.05) is 32.2 Å². The minimum absolute atomic E-state index is 0.192. The smallest absolute Gasteiger partial charge is 0.129 e. The second-order valence-electron chi connectivity index (χ2n) is 7.30. The van der Waals surface area contributed by atoms with E-state index >= 15 is 0 Å². The van der Waals surface area contributed by atoms with Crippen molar-refractivity contribution in [1.82, 2.24) is 9.97 Å². The third-order valence-electron chi connectivity index (χ3n) is 4.95. The maximum atomic E-state index is 5.87. The first-order valence-electron chi connectivity index (χ1n) is 9.40. The Kier molecular flexibility index (Phi) is 4.70. The largest absolute Gasteiger partial charge is 0.469 e. The molecule has 1 fully saturated rings. The van der Waals surface area contributed by atoms with Crippen LogP contribution in [-0.2, 0) is 4.74 Å². The number of hydrogen-bond acceptors (Lipinski definition) is 5. The Morgan fingerprint density at radius 2 is 1.78 bits per heavy atom. The van der Waals surface area contributed by atoms with Crippen molar-refractivity contribution >= 4 is 5.82 Å². The summed E-state index contributed by atoms with van der Waals surface area (Å²) in [5.74, 6) is 1.84. The van der Waals surface area contributed by atoms with Crippen LogP contribution in [0.3, 0.4) is 0 Å². The molecule has 0 aromatic carbocycles. The molecule has 4 heterocycles. The summed E-state index contributed by atoms with van der Waals surface area (Å²) < 4.78 is 11.4. The molecule has 2 unspecified atom stereocenters. The molecule has 0 spiro atoms. The summed E-state index contributed by atoms with van der Waals surface area (Å²) in [5.41, 5.74) is 5.15. The molecule has 3 aromatic rings. The average molecular weight is 363 g/mol. The van der Waals surface area contributed by atoms with E-state index < -0.39 is 0 Å². The monoisotopic (exact) mass is 363 g/mol. The Labute approximate surface area is 160 Å². The predicted molar refractivity (Wildman–Crippen MR) is 107 cm³/mol. The first-order valence-corrected chi connectivity index (χ1v) is 9.40. The fraction of sp³-hybridized carbons (Fsp3) is 0.364. The van der Waals surface area contributed by atoms with Crippen LogP contribution in [0.5, 0.6) is 0 Å². The van der Waals surface area contributed by atoms with Gasteiger partial charge in [0.1, 0.15) is 11.6 Å². The molecule has 2 atom stereocenters. The molecule has 0 aliphatic carbocycles. The molecule has 0 amide bonds. The van der Waals surface area contributed by atoms with Crippen molar-refractivity contribution in [2.45, 2.75) is 39.9 Å². The number of hydrogen-bond donors (Lipinski definition) is 0. The Hall–Kier alpha value is -2.66. The van der Waals surface area contributed by atoms with Gasteiger partial charge in [0.15, 0.2) is 0 Å². The summed E-state index contributed by atoms with van der Waals surface area (Å²) in [4.78, 5) is 11.7. The molecule has 5 nitrogen and oxygen atoms in total. The van der Waals surface area contributed by atoms with Crippen LogP contribution in [-0.4, -0.2) is 35.3 Å². The molecular weight excluding hydrogens is 338 g/mol.